The van der Waals surface area contributed by atoms with Crippen LogP contribution in [0.3, 0.4) is 0 Å². The number of hydrogen-bond donors (Lipinski definition) is 1. The van der Waals surface area contributed by atoms with Gasteiger partial charge in [0.05, 0.1) is 23.7 Å². The Morgan fingerprint density at radius 2 is 1.82 bits per heavy atom. The summed E-state index contributed by atoms with van der Waals surface area (Å²) in [5, 5.41) is 3.57. The van der Waals surface area contributed by atoms with Crippen molar-refractivity contribution in [2.75, 3.05) is 51.3 Å². The highest BCUT2D eigenvalue weighted by Gasteiger charge is 2.33. The van der Waals surface area contributed by atoms with E-state index in [2.05, 4.69) is 17.1 Å². The second kappa shape index (κ2) is 12.1. The number of carbonyl (C=O) groups is 2. The SMILES string of the molecule is CCCN1CCc2c(sc(NC(=O)c3ccc(S(=O)(=O)N4CCCCC4C)cc3)c2C(=O)N2CCOCC2)C1. The van der Waals surface area contributed by atoms with Gasteiger partial charge in [-0.2, -0.15) is 4.31 Å². The number of amides is 2. The first-order valence-electron chi connectivity index (χ1n) is 14.0. The van der Waals surface area contributed by atoms with Crippen molar-refractivity contribution in [1.82, 2.24) is 14.1 Å². The molecule has 1 atom stereocenters. The van der Waals surface area contributed by atoms with Crippen molar-refractivity contribution in [3.05, 3.63) is 45.8 Å². The van der Waals surface area contributed by atoms with Gasteiger partial charge in [-0.05, 0) is 69.0 Å². The van der Waals surface area contributed by atoms with E-state index < -0.39 is 10.0 Å². The number of fused-ring (bicyclic) bond motifs is 1. The molecule has 11 heteroatoms. The number of benzene rings is 1. The molecule has 3 aliphatic rings. The molecule has 2 aromatic rings. The molecule has 2 fully saturated rings. The number of rotatable bonds is 7. The number of nitrogens with one attached hydrogen (secondary N) is 1. The maximum atomic E-state index is 13.7. The van der Waals surface area contributed by atoms with Gasteiger partial charge in [-0.1, -0.05) is 13.3 Å². The summed E-state index contributed by atoms with van der Waals surface area (Å²) in [7, 11) is -3.62. The van der Waals surface area contributed by atoms with Crippen LogP contribution in [0.5, 0.6) is 0 Å². The number of sulfonamides is 1. The summed E-state index contributed by atoms with van der Waals surface area (Å²) in [4.78, 5) is 32.5. The molecule has 1 aromatic carbocycles. The van der Waals surface area contributed by atoms with Gasteiger partial charge in [-0.25, -0.2) is 8.42 Å². The highest BCUT2D eigenvalue weighted by molar-refractivity contribution is 7.89. The Bertz CT molecular complexity index is 1300. The zero-order valence-corrected chi connectivity index (χ0v) is 24.4. The third-order valence-corrected chi connectivity index (χ3v) is 11.0. The highest BCUT2D eigenvalue weighted by atomic mass is 32.2. The molecule has 0 radical (unpaired) electrons. The average Bonchev–Trinajstić information content (AvgIpc) is 3.30. The van der Waals surface area contributed by atoms with Gasteiger partial charge in [0.2, 0.25) is 10.0 Å². The molecule has 2 amide bonds. The highest BCUT2D eigenvalue weighted by Crippen LogP contribution is 2.38. The number of anilines is 1. The lowest BCUT2D eigenvalue weighted by molar-refractivity contribution is 0.0302. The molecule has 212 valence electrons. The van der Waals surface area contributed by atoms with Gasteiger partial charge in [0.1, 0.15) is 5.00 Å². The van der Waals surface area contributed by atoms with Crippen LogP contribution in [0.2, 0.25) is 0 Å². The molecular weight excluding hydrogens is 536 g/mol. The number of hydrogen-bond acceptors (Lipinski definition) is 7. The van der Waals surface area contributed by atoms with Crippen LogP contribution in [-0.2, 0) is 27.7 Å². The summed E-state index contributed by atoms with van der Waals surface area (Å²) in [6.45, 7) is 9.36. The van der Waals surface area contributed by atoms with Crippen LogP contribution in [0.15, 0.2) is 29.2 Å². The molecule has 39 heavy (non-hydrogen) atoms. The van der Waals surface area contributed by atoms with Crippen molar-refractivity contribution in [2.24, 2.45) is 0 Å². The quantitative estimate of drug-likeness (QED) is 0.540. The van der Waals surface area contributed by atoms with Gasteiger partial charge in [-0.15, -0.1) is 11.3 Å². The van der Waals surface area contributed by atoms with Crippen LogP contribution in [0, 0.1) is 0 Å². The minimum Gasteiger partial charge on any atom is -0.378 e. The summed E-state index contributed by atoms with van der Waals surface area (Å²) >= 11 is 1.48. The Morgan fingerprint density at radius 1 is 1.08 bits per heavy atom. The van der Waals surface area contributed by atoms with E-state index in [1.165, 1.54) is 23.5 Å². The van der Waals surface area contributed by atoms with Gasteiger partial charge in [0.15, 0.2) is 0 Å². The van der Waals surface area contributed by atoms with Crippen LogP contribution in [0.4, 0.5) is 5.00 Å². The maximum absolute atomic E-state index is 13.7. The molecule has 0 spiro atoms. The van der Waals surface area contributed by atoms with Crippen molar-refractivity contribution in [1.29, 1.82) is 0 Å². The monoisotopic (exact) mass is 574 g/mol. The fourth-order valence-electron chi connectivity index (χ4n) is 5.72. The summed E-state index contributed by atoms with van der Waals surface area (Å²) in [6.07, 6.45) is 4.58. The summed E-state index contributed by atoms with van der Waals surface area (Å²) < 4.78 is 33.4. The van der Waals surface area contributed by atoms with E-state index in [1.54, 1.807) is 21.3 Å². The van der Waals surface area contributed by atoms with Crippen molar-refractivity contribution in [3.63, 3.8) is 0 Å². The topological polar surface area (TPSA) is 99.3 Å². The number of nitrogens with zero attached hydrogens (tertiary/aromatic N) is 3. The normalized spacial score (nSPS) is 21.0. The molecule has 1 unspecified atom stereocenters. The predicted octanol–water partition coefficient (Wildman–Crippen LogP) is 3.80. The molecule has 9 nitrogen and oxygen atoms in total. The third kappa shape index (κ3) is 5.92. The van der Waals surface area contributed by atoms with E-state index in [1.807, 2.05) is 6.92 Å². The van der Waals surface area contributed by atoms with Gasteiger partial charge >= 0.3 is 0 Å². The lowest BCUT2D eigenvalue weighted by Gasteiger charge is -2.32. The minimum atomic E-state index is -3.62. The van der Waals surface area contributed by atoms with Crippen molar-refractivity contribution in [3.8, 4) is 0 Å². The Kier molecular flexibility index (Phi) is 8.72. The number of thiophene rings is 1. The zero-order chi connectivity index (χ0) is 27.6. The first kappa shape index (κ1) is 28.2. The number of ether oxygens (including phenoxy) is 1. The fourth-order valence-corrected chi connectivity index (χ4v) is 8.70. The Balaban J connectivity index is 1.38. The van der Waals surface area contributed by atoms with E-state index >= 15 is 0 Å². The smallest absolute Gasteiger partial charge is 0.257 e. The maximum Gasteiger partial charge on any atom is 0.257 e. The van der Waals surface area contributed by atoms with Crippen LogP contribution >= 0.6 is 11.3 Å². The molecule has 5 rings (SSSR count). The van der Waals surface area contributed by atoms with Gasteiger partial charge in [0.25, 0.3) is 11.8 Å². The first-order chi connectivity index (χ1) is 18.8. The van der Waals surface area contributed by atoms with E-state index in [-0.39, 0.29) is 22.8 Å². The molecule has 2 saturated heterocycles. The van der Waals surface area contributed by atoms with Crippen LogP contribution in [-0.4, -0.2) is 86.3 Å². The molecule has 0 saturated carbocycles. The molecular formula is C28H38N4O5S2. The van der Waals surface area contributed by atoms with Gasteiger partial charge in [0, 0.05) is 49.2 Å². The van der Waals surface area contributed by atoms with E-state index in [0.717, 1.165) is 62.2 Å². The minimum absolute atomic E-state index is 0.0349. The van der Waals surface area contributed by atoms with Gasteiger partial charge in [-0.3, -0.25) is 14.5 Å². The third-order valence-electron chi connectivity index (χ3n) is 7.88. The van der Waals surface area contributed by atoms with E-state index in [9.17, 15) is 18.0 Å². The van der Waals surface area contributed by atoms with Crippen LogP contribution < -0.4 is 5.32 Å². The van der Waals surface area contributed by atoms with Crippen molar-refractivity contribution >= 4 is 38.2 Å². The Hall–Kier alpha value is -2.31. The molecule has 3 aliphatic heterocycles. The lowest BCUT2D eigenvalue weighted by Crippen LogP contribution is -2.41. The standard InChI is InChI=1S/C28H38N4O5S2/c1-3-12-30-14-11-23-24(19-30)38-27(25(23)28(34)31-15-17-37-18-16-31)29-26(33)21-7-9-22(10-8-21)39(35,36)32-13-5-4-6-20(32)2/h7-10,20H,3-6,11-19H2,1-2H3,(H,29,33). The van der Waals surface area contributed by atoms with E-state index in [0.29, 0.717) is 49.0 Å². The first-order valence-corrected chi connectivity index (χ1v) is 16.2. The van der Waals surface area contributed by atoms with Gasteiger partial charge < -0.3 is 15.0 Å². The summed E-state index contributed by atoms with van der Waals surface area (Å²) in [5.74, 6) is -0.419. The average molecular weight is 575 g/mol. The number of piperidine rings is 1. The lowest BCUT2D eigenvalue weighted by atomic mass is 10.0. The predicted molar refractivity (Wildman–Crippen MR) is 152 cm³/mol. The molecule has 1 N–H and O–H groups in total. The largest absolute Gasteiger partial charge is 0.378 e. The second-order valence-corrected chi connectivity index (χ2v) is 13.6. The molecule has 1 aromatic heterocycles. The summed E-state index contributed by atoms with van der Waals surface area (Å²) in [6, 6.07) is 6.08. The zero-order valence-electron chi connectivity index (χ0n) is 22.8. The van der Waals surface area contributed by atoms with E-state index in [4.69, 9.17) is 4.74 Å². The second-order valence-electron chi connectivity index (χ2n) is 10.6. The number of carbonyl (C=O) groups excluding carboxylic acids is 2. The summed E-state index contributed by atoms with van der Waals surface area (Å²) in [5.41, 5.74) is 1.99. The Labute approximate surface area is 235 Å². The van der Waals surface area contributed by atoms with Crippen LogP contribution in [0.1, 0.15) is 70.7 Å². The fraction of sp³-hybridized carbons (Fsp3) is 0.571. The van der Waals surface area contributed by atoms with Crippen molar-refractivity contribution < 1.29 is 22.7 Å². The molecule has 4 heterocycles. The molecule has 0 bridgehead atoms. The number of morpholine rings is 1. The van der Waals surface area contributed by atoms with Crippen molar-refractivity contribution in [2.45, 2.75) is 63.4 Å². The molecule has 0 aliphatic carbocycles. The Morgan fingerprint density at radius 3 is 2.51 bits per heavy atom. The van der Waals surface area contributed by atoms with Crippen LogP contribution in [0.25, 0.3) is 0 Å².